The molecule has 0 saturated carbocycles. The van der Waals surface area contributed by atoms with E-state index in [1.807, 2.05) is 0 Å². The van der Waals surface area contributed by atoms with Gasteiger partial charge in [-0.2, -0.15) is 0 Å². The second kappa shape index (κ2) is 7.51. The lowest BCUT2D eigenvalue weighted by Crippen LogP contribution is -2.20. The summed E-state index contributed by atoms with van der Waals surface area (Å²) in [5, 5.41) is 0. The van der Waals surface area contributed by atoms with Crippen molar-refractivity contribution < 1.29 is 23.5 Å². The molecule has 0 saturated heterocycles. The lowest BCUT2D eigenvalue weighted by atomic mass is 9.99. The van der Waals surface area contributed by atoms with E-state index in [1.54, 1.807) is 19.1 Å². The summed E-state index contributed by atoms with van der Waals surface area (Å²) in [6.45, 7) is 3.20. The molecule has 104 valence electrons. The Morgan fingerprint density at radius 3 is 2.63 bits per heavy atom. The van der Waals surface area contributed by atoms with Gasteiger partial charge < -0.3 is 9.15 Å². The summed E-state index contributed by atoms with van der Waals surface area (Å²) < 4.78 is 10.2. The molecule has 0 N–H and O–H groups in total. The van der Waals surface area contributed by atoms with Crippen molar-refractivity contribution in [2.75, 3.05) is 6.61 Å². The van der Waals surface area contributed by atoms with Crippen molar-refractivity contribution in [3.05, 3.63) is 24.2 Å². The number of ether oxygens (including phenoxy) is 1. The van der Waals surface area contributed by atoms with E-state index >= 15 is 0 Å². The van der Waals surface area contributed by atoms with Crippen LogP contribution in [-0.2, 0) is 19.1 Å². The van der Waals surface area contributed by atoms with Gasteiger partial charge in [0.1, 0.15) is 23.2 Å². The highest BCUT2D eigenvalue weighted by Gasteiger charge is 2.27. The summed E-state index contributed by atoms with van der Waals surface area (Å²) >= 11 is 0. The maximum atomic E-state index is 11.9. The van der Waals surface area contributed by atoms with Crippen molar-refractivity contribution in [3.8, 4) is 0 Å². The molecule has 1 aromatic heterocycles. The van der Waals surface area contributed by atoms with E-state index in [9.17, 15) is 14.4 Å². The maximum Gasteiger partial charge on any atom is 0.317 e. The smallest absolute Gasteiger partial charge is 0.317 e. The molecule has 1 atom stereocenters. The third-order valence-electron chi connectivity index (χ3n) is 2.70. The molecule has 1 rings (SSSR count). The Balaban J connectivity index is 2.65. The van der Waals surface area contributed by atoms with Crippen LogP contribution < -0.4 is 0 Å². The van der Waals surface area contributed by atoms with Crippen molar-refractivity contribution in [3.63, 3.8) is 0 Å². The molecule has 0 amide bonds. The molecular weight excluding hydrogens is 248 g/mol. The van der Waals surface area contributed by atoms with E-state index in [0.29, 0.717) is 12.2 Å². The molecule has 1 aromatic rings. The standard InChI is InChI=1S/C14H18O5/c1-3-11(16)9-12(13-5-4-7-18-13)14(17)19-8-6-10(2)15/h4-5,7,12H,3,6,8-9H2,1-2H3. The van der Waals surface area contributed by atoms with Gasteiger partial charge in [0.2, 0.25) is 0 Å². The number of esters is 1. The van der Waals surface area contributed by atoms with E-state index in [1.165, 1.54) is 13.2 Å². The molecule has 0 aromatic carbocycles. The fourth-order valence-corrected chi connectivity index (χ4v) is 1.56. The van der Waals surface area contributed by atoms with Gasteiger partial charge in [-0.05, 0) is 19.1 Å². The number of carbonyl (C=O) groups is 3. The summed E-state index contributed by atoms with van der Waals surface area (Å²) in [6, 6.07) is 3.29. The molecule has 0 fully saturated rings. The van der Waals surface area contributed by atoms with Crippen LogP contribution in [0.3, 0.4) is 0 Å². The van der Waals surface area contributed by atoms with Crippen LogP contribution in [0.5, 0.6) is 0 Å². The molecule has 0 spiro atoms. The fourth-order valence-electron chi connectivity index (χ4n) is 1.56. The number of ketones is 2. The lowest BCUT2D eigenvalue weighted by Gasteiger charge is -2.12. The zero-order valence-electron chi connectivity index (χ0n) is 11.2. The minimum absolute atomic E-state index is 0.0334. The van der Waals surface area contributed by atoms with Crippen LogP contribution in [0, 0.1) is 0 Å². The highest BCUT2D eigenvalue weighted by Crippen LogP contribution is 2.23. The summed E-state index contributed by atoms with van der Waals surface area (Å²) in [5.74, 6) is -0.932. The van der Waals surface area contributed by atoms with Gasteiger partial charge in [0, 0.05) is 19.3 Å². The Hall–Kier alpha value is -1.91. The predicted octanol–water partition coefficient (Wildman–Crippen LogP) is 2.25. The average Bonchev–Trinajstić information content (AvgIpc) is 2.88. The fraction of sp³-hybridized carbons (Fsp3) is 0.500. The Bertz CT molecular complexity index is 433. The van der Waals surface area contributed by atoms with Gasteiger partial charge in [-0.15, -0.1) is 0 Å². The molecule has 0 aliphatic carbocycles. The largest absolute Gasteiger partial charge is 0.468 e. The zero-order valence-corrected chi connectivity index (χ0v) is 11.2. The Kier molecular flexibility index (Phi) is 5.99. The quantitative estimate of drug-likeness (QED) is 0.675. The second-order valence-electron chi connectivity index (χ2n) is 4.28. The first-order valence-electron chi connectivity index (χ1n) is 6.25. The molecular formula is C14H18O5. The van der Waals surface area contributed by atoms with Crippen LogP contribution in [0.4, 0.5) is 0 Å². The SMILES string of the molecule is CCC(=O)CC(C(=O)OCCC(C)=O)c1ccco1. The Morgan fingerprint density at radius 1 is 1.37 bits per heavy atom. The monoisotopic (exact) mass is 266 g/mol. The highest BCUT2D eigenvalue weighted by atomic mass is 16.5. The van der Waals surface area contributed by atoms with Crippen molar-refractivity contribution in [1.82, 2.24) is 0 Å². The highest BCUT2D eigenvalue weighted by molar-refractivity contribution is 5.87. The Labute approximate surface area is 111 Å². The number of furan rings is 1. The first-order chi connectivity index (χ1) is 9.04. The van der Waals surface area contributed by atoms with Gasteiger partial charge in [0.05, 0.1) is 12.9 Å². The number of hydrogen-bond donors (Lipinski definition) is 0. The molecule has 1 heterocycles. The van der Waals surface area contributed by atoms with Crippen LogP contribution >= 0.6 is 0 Å². The number of rotatable bonds is 8. The van der Waals surface area contributed by atoms with Gasteiger partial charge in [-0.1, -0.05) is 6.92 Å². The van der Waals surface area contributed by atoms with Crippen LogP contribution in [0.2, 0.25) is 0 Å². The van der Waals surface area contributed by atoms with E-state index in [-0.39, 0.29) is 31.0 Å². The van der Waals surface area contributed by atoms with Crippen LogP contribution in [0.25, 0.3) is 0 Å². The zero-order chi connectivity index (χ0) is 14.3. The summed E-state index contributed by atoms with van der Waals surface area (Å²) in [5.41, 5.74) is 0. The third-order valence-corrected chi connectivity index (χ3v) is 2.70. The summed E-state index contributed by atoms with van der Waals surface area (Å²) in [4.78, 5) is 34.2. The number of hydrogen-bond acceptors (Lipinski definition) is 5. The first-order valence-corrected chi connectivity index (χ1v) is 6.25. The van der Waals surface area contributed by atoms with Crippen molar-refractivity contribution >= 4 is 17.5 Å². The topological polar surface area (TPSA) is 73.6 Å². The molecule has 5 heteroatoms. The average molecular weight is 266 g/mol. The Morgan fingerprint density at radius 2 is 2.11 bits per heavy atom. The molecule has 0 aliphatic heterocycles. The van der Waals surface area contributed by atoms with Crippen LogP contribution in [0.15, 0.2) is 22.8 Å². The van der Waals surface area contributed by atoms with Crippen molar-refractivity contribution in [2.45, 2.75) is 39.0 Å². The summed E-state index contributed by atoms with van der Waals surface area (Å²) in [6.07, 6.45) is 2.04. The molecule has 19 heavy (non-hydrogen) atoms. The minimum Gasteiger partial charge on any atom is -0.468 e. The third kappa shape index (κ3) is 5.07. The molecule has 5 nitrogen and oxygen atoms in total. The first kappa shape index (κ1) is 15.1. The van der Waals surface area contributed by atoms with Gasteiger partial charge in [0.15, 0.2) is 0 Å². The van der Waals surface area contributed by atoms with Gasteiger partial charge >= 0.3 is 5.97 Å². The van der Waals surface area contributed by atoms with Gasteiger partial charge in [-0.25, -0.2) is 0 Å². The molecule has 0 radical (unpaired) electrons. The van der Waals surface area contributed by atoms with E-state index in [0.717, 1.165) is 0 Å². The number of carbonyl (C=O) groups excluding carboxylic acids is 3. The van der Waals surface area contributed by atoms with Gasteiger partial charge in [0.25, 0.3) is 0 Å². The maximum absolute atomic E-state index is 11.9. The molecule has 1 unspecified atom stereocenters. The van der Waals surface area contributed by atoms with Gasteiger partial charge in [-0.3, -0.25) is 14.4 Å². The predicted molar refractivity (Wildman–Crippen MR) is 67.6 cm³/mol. The van der Waals surface area contributed by atoms with Crippen LogP contribution in [-0.4, -0.2) is 24.1 Å². The number of Topliss-reactive ketones (excluding diaryl/α,β-unsaturated/α-hetero) is 2. The lowest BCUT2D eigenvalue weighted by molar-refractivity contribution is -0.147. The van der Waals surface area contributed by atoms with E-state index in [2.05, 4.69) is 0 Å². The van der Waals surface area contributed by atoms with E-state index in [4.69, 9.17) is 9.15 Å². The minimum atomic E-state index is -0.727. The van der Waals surface area contributed by atoms with Crippen molar-refractivity contribution in [1.29, 1.82) is 0 Å². The van der Waals surface area contributed by atoms with Crippen molar-refractivity contribution in [2.24, 2.45) is 0 Å². The van der Waals surface area contributed by atoms with E-state index < -0.39 is 11.9 Å². The molecule has 0 aliphatic rings. The van der Waals surface area contributed by atoms with Crippen LogP contribution in [0.1, 0.15) is 44.8 Å². The summed E-state index contributed by atoms with van der Waals surface area (Å²) in [7, 11) is 0. The normalized spacial score (nSPS) is 11.9. The second-order valence-corrected chi connectivity index (χ2v) is 4.28. The molecule has 0 bridgehead atoms.